The van der Waals surface area contributed by atoms with Crippen molar-refractivity contribution in [1.82, 2.24) is 0 Å². The Labute approximate surface area is 77.4 Å². The van der Waals surface area contributed by atoms with E-state index in [1.807, 2.05) is 13.8 Å². The lowest BCUT2D eigenvalue weighted by Crippen LogP contribution is -1.99. The Morgan fingerprint density at radius 2 is 2.17 bits per heavy atom. The molecular formula is C10H12ClF. The van der Waals surface area contributed by atoms with Gasteiger partial charge in [0.1, 0.15) is 5.82 Å². The molecule has 0 nitrogen and oxygen atoms in total. The van der Waals surface area contributed by atoms with E-state index in [9.17, 15) is 4.39 Å². The molecule has 1 atom stereocenters. The third kappa shape index (κ3) is 2.49. The Bertz CT molecular complexity index is 269. The fourth-order valence-corrected chi connectivity index (χ4v) is 1.36. The lowest BCUT2D eigenvalue weighted by atomic mass is 10.0. The van der Waals surface area contributed by atoms with Crippen LogP contribution < -0.4 is 0 Å². The molecule has 0 radical (unpaired) electrons. The average Bonchev–Trinajstić information content (AvgIpc) is 1.94. The second kappa shape index (κ2) is 3.90. The minimum absolute atomic E-state index is 0.106. The van der Waals surface area contributed by atoms with Crippen LogP contribution in [0.1, 0.15) is 18.1 Å². The van der Waals surface area contributed by atoms with Crippen molar-refractivity contribution in [1.29, 1.82) is 0 Å². The first kappa shape index (κ1) is 9.53. The molecule has 0 fully saturated rings. The summed E-state index contributed by atoms with van der Waals surface area (Å²) in [6, 6.07) is 4.81. The minimum Gasteiger partial charge on any atom is -0.207 e. The smallest absolute Gasteiger partial charge is 0.123 e. The molecular weight excluding hydrogens is 175 g/mol. The fourth-order valence-electron chi connectivity index (χ4n) is 1.19. The van der Waals surface area contributed by atoms with Crippen LogP contribution in [0.3, 0.4) is 0 Å². The summed E-state index contributed by atoms with van der Waals surface area (Å²) >= 11 is 5.83. The Hall–Kier alpha value is -0.560. The third-order valence-corrected chi connectivity index (χ3v) is 1.96. The highest BCUT2D eigenvalue weighted by Gasteiger charge is 2.03. The van der Waals surface area contributed by atoms with Crippen molar-refractivity contribution >= 4 is 11.6 Å². The molecule has 0 bridgehead atoms. The summed E-state index contributed by atoms with van der Waals surface area (Å²) in [5.74, 6) is -0.182. The summed E-state index contributed by atoms with van der Waals surface area (Å²) in [6.45, 7) is 3.84. The second-order valence-electron chi connectivity index (χ2n) is 3.06. The van der Waals surface area contributed by atoms with Crippen molar-refractivity contribution in [3.63, 3.8) is 0 Å². The van der Waals surface area contributed by atoms with Crippen LogP contribution in [0, 0.1) is 12.7 Å². The minimum atomic E-state index is -0.182. The number of hydrogen-bond donors (Lipinski definition) is 0. The summed E-state index contributed by atoms with van der Waals surface area (Å²) in [5.41, 5.74) is 2.10. The summed E-state index contributed by atoms with van der Waals surface area (Å²) in [6.07, 6.45) is 0.799. The molecule has 1 aromatic rings. The zero-order valence-electron chi connectivity index (χ0n) is 7.27. The number of aryl methyl sites for hydroxylation is 1. The molecule has 2 heteroatoms. The van der Waals surface area contributed by atoms with Gasteiger partial charge in [-0.05, 0) is 43.5 Å². The largest absolute Gasteiger partial charge is 0.207 e. The average molecular weight is 187 g/mol. The van der Waals surface area contributed by atoms with Crippen LogP contribution in [0.5, 0.6) is 0 Å². The van der Waals surface area contributed by atoms with Crippen molar-refractivity contribution < 1.29 is 4.39 Å². The van der Waals surface area contributed by atoms with E-state index in [1.165, 1.54) is 12.1 Å². The molecule has 1 unspecified atom stereocenters. The standard InChI is InChI=1S/C10H12ClF/c1-7-5-10(12)4-3-9(7)6-8(2)11/h3-5,8H,6H2,1-2H3. The molecule has 0 aromatic heterocycles. The zero-order chi connectivity index (χ0) is 9.14. The van der Waals surface area contributed by atoms with Gasteiger partial charge in [0.05, 0.1) is 0 Å². The molecule has 0 amide bonds. The number of benzene rings is 1. The van der Waals surface area contributed by atoms with Gasteiger partial charge >= 0.3 is 0 Å². The van der Waals surface area contributed by atoms with Crippen LogP contribution >= 0.6 is 11.6 Å². The van der Waals surface area contributed by atoms with Crippen molar-refractivity contribution in [2.24, 2.45) is 0 Å². The van der Waals surface area contributed by atoms with Crippen LogP contribution in [0.15, 0.2) is 18.2 Å². The number of halogens is 2. The molecule has 0 aliphatic carbocycles. The highest BCUT2D eigenvalue weighted by Crippen LogP contribution is 2.14. The van der Waals surface area contributed by atoms with Gasteiger partial charge in [0.2, 0.25) is 0 Å². The zero-order valence-corrected chi connectivity index (χ0v) is 8.03. The second-order valence-corrected chi connectivity index (χ2v) is 3.80. The van der Waals surface area contributed by atoms with Gasteiger partial charge in [0, 0.05) is 5.38 Å². The quantitative estimate of drug-likeness (QED) is 0.622. The summed E-state index contributed by atoms with van der Waals surface area (Å²) in [4.78, 5) is 0. The van der Waals surface area contributed by atoms with Gasteiger partial charge in [0.25, 0.3) is 0 Å². The normalized spacial score (nSPS) is 13.0. The van der Waals surface area contributed by atoms with Gasteiger partial charge in [0.15, 0.2) is 0 Å². The van der Waals surface area contributed by atoms with Gasteiger partial charge in [-0.3, -0.25) is 0 Å². The lowest BCUT2D eigenvalue weighted by molar-refractivity contribution is 0.625. The number of rotatable bonds is 2. The van der Waals surface area contributed by atoms with Crippen molar-refractivity contribution in [3.05, 3.63) is 35.1 Å². The molecule has 12 heavy (non-hydrogen) atoms. The molecule has 1 aromatic carbocycles. The maximum Gasteiger partial charge on any atom is 0.123 e. The molecule has 1 rings (SSSR count). The first-order chi connectivity index (χ1) is 5.59. The van der Waals surface area contributed by atoms with Crippen LogP contribution in [-0.2, 0) is 6.42 Å². The van der Waals surface area contributed by atoms with Crippen molar-refractivity contribution in [2.45, 2.75) is 25.6 Å². The van der Waals surface area contributed by atoms with E-state index in [0.717, 1.165) is 17.5 Å². The van der Waals surface area contributed by atoms with E-state index >= 15 is 0 Å². The van der Waals surface area contributed by atoms with Gasteiger partial charge in [-0.25, -0.2) is 4.39 Å². The van der Waals surface area contributed by atoms with E-state index in [-0.39, 0.29) is 11.2 Å². The lowest BCUT2D eigenvalue weighted by Gasteiger charge is -2.06. The van der Waals surface area contributed by atoms with Gasteiger partial charge in [-0.2, -0.15) is 0 Å². The van der Waals surface area contributed by atoms with Crippen molar-refractivity contribution in [2.75, 3.05) is 0 Å². The summed E-state index contributed by atoms with van der Waals surface area (Å²) in [5, 5.41) is 0.106. The third-order valence-electron chi connectivity index (χ3n) is 1.81. The monoisotopic (exact) mass is 186 g/mol. The van der Waals surface area contributed by atoms with E-state index < -0.39 is 0 Å². The molecule has 0 aliphatic heterocycles. The Morgan fingerprint density at radius 3 is 2.67 bits per heavy atom. The van der Waals surface area contributed by atoms with Gasteiger partial charge in [-0.1, -0.05) is 6.07 Å². The topological polar surface area (TPSA) is 0 Å². The molecule has 0 N–H and O–H groups in total. The Balaban J connectivity index is 2.86. The van der Waals surface area contributed by atoms with E-state index in [0.29, 0.717) is 0 Å². The first-order valence-electron chi connectivity index (χ1n) is 3.98. The highest BCUT2D eigenvalue weighted by molar-refractivity contribution is 6.20. The molecule has 0 saturated heterocycles. The van der Waals surface area contributed by atoms with E-state index in [2.05, 4.69) is 0 Å². The van der Waals surface area contributed by atoms with Crippen LogP contribution in [0.4, 0.5) is 4.39 Å². The molecule has 0 spiro atoms. The maximum atomic E-state index is 12.7. The predicted molar refractivity (Wildman–Crippen MR) is 50.2 cm³/mol. The molecule has 0 aliphatic rings. The molecule has 0 saturated carbocycles. The van der Waals surface area contributed by atoms with E-state index in [4.69, 9.17) is 11.6 Å². The Kier molecular flexibility index (Phi) is 3.10. The molecule has 0 heterocycles. The number of alkyl halides is 1. The van der Waals surface area contributed by atoms with Crippen LogP contribution in [0.2, 0.25) is 0 Å². The summed E-state index contributed by atoms with van der Waals surface area (Å²) < 4.78 is 12.7. The van der Waals surface area contributed by atoms with Gasteiger partial charge in [-0.15, -0.1) is 11.6 Å². The predicted octanol–water partition coefficient (Wildman–Crippen LogP) is 3.30. The van der Waals surface area contributed by atoms with Crippen LogP contribution in [-0.4, -0.2) is 5.38 Å². The van der Waals surface area contributed by atoms with Gasteiger partial charge < -0.3 is 0 Å². The fraction of sp³-hybridized carbons (Fsp3) is 0.400. The molecule has 66 valence electrons. The maximum absolute atomic E-state index is 12.7. The SMILES string of the molecule is Cc1cc(F)ccc1CC(C)Cl. The van der Waals surface area contributed by atoms with E-state index in [1.54, 1.807) is 6.07 Å². The van der Waals surface area contributed by atoms with Crippen molar-refractivity contribution in [3.8, 4) is 0 Å². The van der Waals surface area contributed by atoms with Crippen LogP contribution in [0.25, 0.3) is 0 Å². The first-order valence-corrected chi connectivity index (χ1v) is 4.42. The highest BCUT2D eigenvalue weighted by atomic mass is 35.5. The summed E-state index contributed by atoms with van der Waals surface area (Å²) in [7, 11) is 0. The number of hydrogen-bond acceptors (Lipinski definition) is 0. The Morgan fingerprint density at radius 1 is 1.50 bits per heavy atom.